The fraction of sp³-hybridized carbons (Fsp3) is 0.462. The van der Waals surface area contributed by atoms with Gasteiger partial charge in [-0.3, -0.25) is 4.79 Å². The molecule has 1 amide bonds. The number of para-hydroxylation sites is 1. The molecule has 0 aromatic heterocycles. The van der Waals surface area contributed by atoms with Gasteiger partial charge >= 0.3 is 0 Å². The second-order valence-electron chi connectivity index (χ2n) is 4.08. The van der Waals surface area contributed by atoms with Crippen LogP contribution in [-0.4, -0.2) is 25.6 Å². The van der Waals surface area contributed by atoms with Crippen LogP contribution < -0.4 is 15.8 Å². The molecule has 0 aliphatic heterocycles. The van der Waals surface area contributed by atoms with Gasteiger partial charge in [0.2, 0.25) is 0 Å². The summed E-state index contributed by atoms with van der Waals surface area (Å²) < 4.78 is 5.13. The zero-order valence-corrected chi connectivity index (χ0v) is 10.4. The molecular formula is C13H20N2O2. The first-order valence-corrected chi connectivity index (χ1v) is 5.82. The molecule has 0 bridgehead atoms. The van der Waals surface area contributed by atoms with Crippen LogP contribution in [0.1, 0.15) is 30.1 Å². The molecule has 17 heavy (non-hydrogen) atoms. The van der Waals surface area contributed by atoms with Crippen LogP contribution in [0.25, 0.3) is 0 Å². The van der Waals surface area contributed by atoms with E-state index in [1.165, 1.54) is 0 Å². The van der Waals surface area contributed by atoms with E-state index in [4.69, 9.17) is 10.5 Å². The van der Waals surface area contributed by atoms with Crippen molar-refractivity contribution in [2.24, 2.45) is 5.73 Å². The lowest BCUT2D eigenvalue weighted by atomic mass is 10.1. The van der Waals surface area contributed by atoms with Crippen molar-refractivity contribution >= 4 is 5.91 Å². The van der Waals surface area contributed by atoms with Gasteiger partial charge in [0.15, 0.2) is 0 Å². The molecule has 0 saturated heterocycles. The first-order valence-electron chi connectivity index (χ1n) is 5.82. The number of rotatable bonds is 6. The minimum atomic E-state index is -0.105. The zero-order chi connectivity index (χ0) is 12.7. The molecule has 0 aliphatic rings. The molecule has 0 heterocycles. The minimum Gasteiger partial charge on any atom is -0.496 e. The van der Waals surface area contributed by atoms with Crippen LogP contribution in [0.15, 0.2) is 24.3 Å². The zero-order valence-electron chi connectivity index (χ0n) is 10.4. The summed E-state index contributed by atoms with van der Waals surface area (Å²) in [6.45, 7) is 2.60. The standard InChI is InChI=1S/C13H20N2O2/c1-10(14)6-5-9-15-13(16)11-7-3-4-8-12(11)17-2/h3-4,7-8,10H,5-6,9,14H2,1-2H3,(H,15,16). The molecule has 0 saturated carbocycles. The first kappa shape index (κ1) is 13.5. The van der Waals surface area contributed by atoms with E-state index in [0.29, 0.717) is 17.9 Å². The maximum Gasteiger partial charge on any atom is 0.255 e. The van der Waals surface area contributed by atoms with Crippen molar-refractivity contribution in [1.82, 2.24) is 5.32 Å². The lowest BCUT2D eigenvalue weighted by Gasteiger charge is -2.09. The van der Waals surface area contributed by atoms with Crippen molar-refractivity contribution in [1.29, 1.82) is 0 Å². The van der Waals surface area contributed by atoms with Gasteiger partial charge < -0.3 is 15.8 Å². The Balaban J connectivity index is 2.47. The molecule has 3 N–H and O–H groups in total. The van der Waals surface area contributed by atoms with Crippen molar-refractivity contribution in [3.63, 3.8) is 0 Å². The Morgan fingerprint density at radius 2 is 2.18 bits per heavy atom. The molecule has 4 nitrogen and oxygen atoms in total. The molecule has 1 atom stereocenters. The van der Waals surface area contributed by atoms with Crippen LogP contribution in [0.3, 0.4) is 0 Å². The van der Waals surface area contributed by atoms with Crippen molar-refractivity contribution in [2.75, 3.05) is 13.7 Å². The fourth-order valence-electron chi connectivity index (χ4n) is 1.55. The number of amides is 1. The van der Waals surface area contributed by atoms with Gasteiger partial charge in [0, 0.05) is 12.6 Å². The van der Waals surface area contributed by atoms with Gasteiger partial charge in [-0.25, -0.2) is 0 Å². The lowest BCUT2D eigenvalue weighted by Crippen LogP contribution is -2.26. The molecule has 0 radical (unpaired) electrons. The number of carbonyl (C=O) groups excluding carboxylic acids is 1. The summed E-state index contributed by atoms with van der Waals surface area (Å²) in [7, 11) is 1.56. The predicted octanol–water partition coefficient (Wildman–Crippen LogP) is 1.55. The summed E-state index contributed by atoms with van der Waals surface area (Å²) in [5, 5.41) is 2.85. The molecule has 4 heteroatoms. The topological polar surface area (TPSA) is 64.3 Å². The molecule has 94 valence electrons. The molecule has 1 aromatic carbocycles. The number of benzene rings is 1. The number of nitrogens with one attached hydrogen (secondary N) is 1. The minimum absolute atomic E-state index is 0.105. The monoisotopic (exact) mass is 236 g/mol. The second-order valence-corrected chi connectivity index (χ2v) is 4.08. The third-order valence-electron chi connectivity index (χ3n) is 2.47. The number of hydrogen-bond acceptors (Lipinski definition) is 3. The summed E-state index contributed by atoms with van der Waals surface area (Å²) in [4.78, 5) is 11.8. The second kappa shape index (κ2) is 6.91. The van der Waals surface area contributed by atoms with Crippen LogP contribution in [0.2, 0.25) is 0 Å². The molecule has 0 spiro atoms. The third-order valence-corrected chi connectivity index (χ3v) is 2.47. The van der Waals surface area contributed by atoms with Crippen LogP contribution in [0.5, 0.6) is 5.75 Å². The highest BCUT2D eigenvalue weighted by Crippen LogP contribution is 2.16. The molecule has 1 unspecified atom stereocenters. The Labute approximate surface area is 102 Å². The highest BCUT2D eigenvalue weighted by atomic mass is 16.5. The van der Waals surface area contributed by atoms with Crippen molar-refractivity contribution < 1.29 is 9.53 Å². The summed E-state index contributed by atoms with van der Waals surface area (Å²) in [6, 6.07) is 7.36. The van der Waals surface area contributed by atoms with E-state index in [1.54, 1.807) is 19.2 Å². The quantitative estimate of drug-likeness (QED) is 0.737. The van der Waals surface area contributed by atoms with Crippen LogP contribution in [0, 0.1) is 0 Å². The number of ether oxygens (including phenoxy) is 1. The SMILES string of the molecule is COc1ccccc1C(=O)NCCCC(C)N. The van der Waals surface area contributed by atoms with Gasteiger partial charge in [-0.1, -0.05) is 12.1 Å². The Hall–Kier alpha value is -1.55. The van der Waals surface area contributed by atoms with Crippen molar-refractivity contribution in [2.45, 2.75) is 25.8 Å². The van der Waals surface area contributed by atoms with Gasteiger partial charge in [-0.15, -0.1) is 0 Å². The number of methoxy groups -OCH3 is 1. The highest BCUT2D eigenvalue weighted by Gasteiger charge is 2.10. The van der Waals surface area contributed by atoms with E-state index < -0.39 is 0 Å². The predicted molar refractivity (Wildman–Crippen MR) is 68.2 cm³/mol. The van der Waals surface area contributed by atoms with E-state index in [-0.39, 0.29) is 11.9 Å². The summed E-state index contributed by atoms with van der Waals surface area (Å²) >= 11 is 0. The van der Waals surface area contributed by atoms with Gasteiger partial charge in [0.05, 0.1) is 12.7 Å². The Bertz CT molecular complexity index is 364. The number of hydrogen-bond donors (Lipinski definition) is 2. The summed E-state index contributed by atoms with van der Waals surface area (Å²) in [6.07, 6.45) is 1.80. The van der Waals surface area contributed by atoms with Gasteiger partial charge in [-0.2, -0.15) is 0 Å². The molecule has 1 rings (SSSR count). The molecular weight excluding hydrogens is 216 g/mol. The lowest BCUT2D eigenvalue weighted by molar-refractivity contribution is 0.0949. The maximum absolute atomic E-state index is 11.8. The van der Waals surface area contributed by atoms with Gasteiger partial charge in [-0.05, 0) is 31.9 Å². The van der Waals surface area contributed by atoms with E-state index in [9.17, 15) is 4.79 Å². The first-order chi connectivity index (χ1) is 8.15. The molecule has 0 fully saturated rings. The van der Waals surface area contributed by atoms with E-state index in [0.717, 1.165) is 12.8 Å². The van der Waals surface area contributed by atoms with E-state index >= 15 is 0 Å². The number of carbonyl (C=O) groups is 1. The highest BCUT2D eigenvalue weighted by molar-refractivity contribution is 5.96. The Morgan fingerprint density at radius 3 is 2.82 bits per heavy atom. The maximum atomic E-state index is 11.8. The van der Waals surface area contributed by atoms with Crippen LogP contribution >= 0.6 is 0 Å². The Morgan fingerprint density at radius 1 is 1.47 bits per heavy atom. The fourth-order valence-corrected chi connectivity index (χ4v) is 1.55. The smallest absolute Gasteiger partial charge is 0.255 e. The van der Waals surface area contributed by atoms with Crippen LogP contribution in [-0.2, 0) is 0 Å². The average Bonchev–Trinajstić information content (AvgIpc) is 2.34. The normalized spacial score (nSPS) is 11.9. The van der Waals surface area contributed by atoms with Crippen LogP contribution in [0.4, 0.5) is 0 Å². The van der Waals surface area contributed by atoms with Crippen molar-refractivity contribution in [3.05, 3.63) is 29.8 Å². The van der Waals surface area contributed by atoms with Gasteiger partial charge in [0.1, 0.15) is 5.75 Å². The van der Waals surface area contributed by atoms with Crippen molar-refractivity contribution in [3.8, 4) is 5.75 Å². The van der Waals surface area contributed by atoms with Gasteiger partial charge in [0.25, 0.3) is 5.91 Å². The van der Waals surface area contributed by atoms with E-state index in [2.05, 4.69) is 5.32 Å². The molecule has 1 aromatic rings. The Kier molecular flexibility index (Phi) is 5.49. The number of nitrogens with two attached hydrogens (primary N) is 1. The molecule has 0 aliphatic carbocycles. The van der Waals surface area contributed by atoms with E-state index in [1.807, 2.05) is 19.1 Å². The summed E-state index contributed by atoms with van der Waals surface area (Å²) in [5.41, 5.74) is 6.20. The largest absolute Gasteiger partial charge is 0.496 e. The average molecular weight is 236 g/mol. The summed E-state index contributed by atoms with van der Waals surface area (Å²) in [5.74, 6) is 0.490. The third kappa shape index (κ3) is 4.44.